The van der Waals surface area contributed by atoms with Crippen LogP contribution in [0.1, 0.15) is 54.5 Å². The zero-order valence-corrected chi connectivity index (χ0v) is 17.3. The van der Waals surface area contributed by atoms with Gasteiger partial charge in [-0.1, -0.05) is 67.0 Å². The van der Waals surface area contributed by atoms with Crippen LogP contribution in [0.2, 0.25) is 0 Å². The molecule has 2 aromatic carbocycles. The molecule has 0 aliphatic carbocycles. The molecule has 0 unspecified atom stereocenters. The van der Waals surface area contributed by atoms with Crippen LogP contribution < -0.4 is 4.74 Å². The largest absolute Gasteiger partial charge is 0.467 e. The van der Waals surface area contributed by atoms with Crippen LogP contribution in [0.3, 0.4) is 0 Å². The van der Waals surface area contributed by atoms with E-state index >= 15 is 0 Å². The van der Waals surface area contributed by atoms with Crippen molar-refractivity contribution in [1.82, 2.24) is 0 Å². The van der Waals surface area contributed by atoms with Crippen molar-refractivity contribution in [3.05, 3.63) is 69.2 Å². The highest BCUT2D eigenvalue weighted by Crippen LogP contribution is 2.37. The third-order valence-corrected chi connectivity index (χ3v) is 4.79. The molecule has 25 heavy (non-hydrogen) atoms. The minimum atomic E-state index is 0.236. The number of aryl methyl sites for hydroxylation is 2. The van der Waals surface area contributed by atoms with Crippen LogP contribution in [-0.2, 0) is 11.2 Å². The standard InChI is InChI=1S/C22H27BrO2/c1-6-17-8-7-9-18(11-17)21(13-23)20-12-19(15(2)3)10-16(4)22(20)25-14-24-5/h7-13,15H,6,14H2,1-5H3. The van der Waals surface area contributed by atoms with Gasteiger partial charge in [-0.2, -0.15) is 0 Å². The van der Waals surface area contributed by atoms with Gasteiger partial charge in [0.1, 0.15) is 5.75 Å². The smallest absolute Gasteiger partial charge is 0.188 e. The van der Waals surface area contributed by atoms with E-state index in [1.807, 2.05) is 4.99 Å². The van der Waals surface area contributed by atoms with Crippen molar-refractivity contribution in [3.63, 3.8) is 0 Å². The third-order valence-electron chi connectivity index (χ3n) is 4.33. The minimum absolute atomic E-state index is 0.236. The summed E-state index contributed by atoms with van der Waals surface area (Å²) in [7, 11) is 1.64. The maximum Gasteiger partial charge on any atom is 0.188 e. The number of rotatable bonds is 7. The molecular weight excluding hydrogens is 376 g/mol. The summed E-state index contributed by atoms with van der Waals surface area (Å²) in [4.78, 5) is 1.99. The average molecular weight is 403 g/mol. The van der Waals surface area contributed by atoms with Crippen molar-refractivity contribution < 1.29 is 9.47 Å². The lowest BCUT2D eigenvalue weighted by atomic mass is 9.91. The summed E-state index contributed by atoms with van der Waals surface area (Å²) in [6.07, 6.45) is 1.02. The summed E-state index contributed by atoms with van der Waals surface area (Å²) in [6, 6.07) is 13.1. The van der Waals surface area contributed by atoms with Gasteiger partial charge in [-0.3, -0.25) is 0 Å². The van der Waals surface area contributed by atoms with Gasteiger partial charge < -0.3 is 9.47 Å². The Labute approximate surface area is 160 Å². The Kier molecular flexibility index (Phi) is 7.27. The Balaban J connectivity index is 2.62. The van der Waals surface area contributed by atoms with E-state index in [0.29, 0.717) is 5.92 Å². The third kappa shape index (κ3) is 4.74. The number of ether oxygens (including phenoxy) is 2. The summed E-state index contributed by atoms with van der Waals surface area (Å²) < 4.78 is 11.1. The predicted octanol–water partition coefficient (Wildman–Crippen LogP) is 6.45. The van der Waals surface area contributed by atoms with Crippen LogP contribution in [-0.4, -0.2) is 13.9 Å². The van der Waals surface area contributed by atoms with Crippen molar-refractivity contribution in [2.45, 2.75) is 40.0 Å². The Morgan fingerprint density at radius 2 is 1.96 bits per heavy atom. The van der Waals surface area contributed by atoms with Gasteiger partial charge in [0.2, 0.25) is 0 Å². The summed E-state index contributed by atoms with van der Waals surface area (Å²) in [5.74, 6) is 1.33. The topological polar surface area (TPSA) is 18.5 Å². The number of benzene rings is 2. The Morgan fingerprint density at radius 1 is 1.20 bits per heavy atom. The molecule has 0 heterocycles. The Bertz CT molecular complexity index is 748. The SMILES string of the molecule is CCc1cccc(C(=CBr)c2cc(C(C)C)cc(C)c2OCOC)c1. The minimum Gasteiger partial charge on any atom is -0.467 e. The van der Waals surface area contributed by atoms with Gasteiger partial charge in [0.15, 0.2) is 6.79 Å². The average Bonchev–Trinajstić information content (AvgIpc) is 2.61. The molecule has 134 valence electrons. The molecule has 0 saturated heterocycles. The van der Waals surface area contributed by atoms with Gasteiger partial charge in [-0.05, 0) is 58.1 Å². The molecule has 0 radical (unpaired) electrons. The molecule has 2 nitrogen and oxygen atoms in total. The molecule has 0 atom stereocenters. The number of halogens is 1. The van der Waals surface area contributed by atoms with Crippen molar-refractivity contribution in [1.29, 1.82) is 0 Å². The van der Waals surface area contributed by atoms with E-state index in [1.165, 1.54) is 16.7 Å². The zero-order chi connectivity index (χ0) is 18.4. The van der Waals surface area contributed by atoms with Gasteiger partial charge in [0.05, 0.1) is 0 Å². The van der Waals surface area contributed by atoms with Crippen LogP contribution in [0.4, 0.5) is 0 Å². The highest BCUT2D eigenvalue weighted by atomic mass is 79.9. The first-order chi connectivity index (χ1) is 12.0. The fourth-order valence-electron chi connectivity index (χ4n) is 2.88. The van der Waals surface area contributed by atoms with Crippen molar-refractivity contribution in [3.8, 4) is 5.75 Å². The lowest BCUT2D eigenvalue weighted by Gasteiger charge is -2.19. The van der Waals surface area contributed by atoms with E-state index in [1.54, 1.807) is 7.11 Å². The van der Waals surface area contributed by atoms with Crippen LogP contribution in [0.25, 0.3) is 5.57 Å². The van der Waals surface area contributed by atoms with E-state index in [0.717, 1.165) is 28.9 Å². The first-order valence-corrected chi connectivity index (χ1v) is 9.59. The molecule has 0 saturated carbocycles. The lowest BCUT2D eigenvalue weighted by molar-refractivity contribution is 0.0504. The first kappa shape index (κ1) is 19.7. The summed E-state index contributed by atoms with van der Waals surface area (Å²) in [5.41, 5.74) is 7.13. The summed E-state index contributed by atoms with van der Waals surface area (Å²) >= 11 is 3.58. The second-order valence-corrected chi connectivity index (χ2v) is 6.95. The van der Waals surface area contributed by atoms with Crippen molar-refractivity contribution >= 4 is 21.5 Å². The lowest BCUT2D eigenvalue weighted by Crippen LogP contribution is -2.05. The highest BCUT2D eigenvalue weighted by Gasteiger charge is 2.16. The molecule has 0 aliphatic rings. The quantitative estimate of drug-likeness (QED) is 0.495. The maximum atomic E-state index is 5.93. The Morgan fingerprint density at radius 3 is 2.56 bits per heavy atom. The van der Waals surface area contributed by atoms with Gasteiger partial charge in [-0.25, -0.2) is 0 Å². The number of methoxy groups -OCH3 is 1. The number of hydrogen-bond acceptors (Lipinski definition) is 2. The maximum absolute atomic E-state index is 5.93. The molecule has 0 aromatic heterocycles. The van der Waals surface area contributed by atoms with Gasteiger partial charge in [0.25, 0.3) is 0 Å². The van der Waals surface area contributed by atoms with Crippen molar-refractivity contribution in [2.75, 3.05) is 13.9 Å². The summed E-state index contributed by atoms with van der Waals surface area (Å²) in [5, 5.41) is 0. The Hall–Kier alpha value is -1.58. The molecule has 0 amide bonds. The normalized spacial score (nSPS) is 11.9. The highest BCUT2D eigenvalue weighted by molar-refractivity contribution is 9.11. The molecule has 0 aliphatic heterocycles. The fourth-order valence-corrected chi connectivity index (χ4v) is 3.39. The molecule has 0 N–H and O–H groups in total. The first-order valence-electron chi connectivity index (χ1n) is 8.68. The van der Waals surface area contributed by atoms with Crippen LogP contribution in [0.15, 0.2) is 41.4 Å². The van der Waals surface area contributed by atoms with E-state index in [-0.39, 0.29) is 6.79 Å². The molecule has 2 rings (SSSR count). The summed E-state index contributed by atoms with van der Waals surface area (Å²) in [6.45, 7) is 8.92. The molecule has 0 spiro atoms. The van der Waals surface area contributed by atoms with E-state index in [2.05, 4.69) is 80.0 Å². The molecule has 0 fully saturated rings. The second kappa shape index (κ2) is 9.21. The van der Waals surface area contributed by atoms with Gasteiger partial charge >= 0.3 is 0 Å². The van der Waals surface area contributed by atoms with Crippen LogP contribution in [0.5, 0.6) is 5.75 Å². The molecular formula is C22H27BrO2. The predicted molar refractivity (Wildman–Crippen MR) is 110 cm³/mol. The van der Waals surface area contributed by atoms with Crippen LogP contribution >= 0.6 is 15.9 Å². The van der Waals surface area contributed by atoms with E-state index < -0.39 is 0 Å². The van der Waals surface area contributed by atoms with Crippen LogP contribution in [0, 0.1) is 6.92 Å². The van der Waals surface area contributed by atoms with E-state index in [4.69, 9.17) is 9.47 Å². The molecule has 3 heteroatoms. The molecule has 2 aromatic rings. The zero-order valence-electron chi connectivity index (χ0n) is 15.7. The van der Waals surface area contributed by atoms with E-state index in [9.17, 15) is 0 Å². The van der Waals surface area contributed by atoms with Gasteiger partial charge in [0, 0.05) is 12.7 Å². The second-order valence-electron chi connectivity index (χ2n) is 6.50. The monoisotopic (exact) mass is 402 g/mol. The van der Waals surface area contributed by atoms with Gasteiger partial charge in [-0.15, -0.1) is 0 Å². The fraction of sp³-hybridized carbons (Fsp3) is 0.364. The number of hydrogen-bond donors (Lipinski definition) is 0. The van der Waals surface area contributed by atoms with Crippen molar-refractivity contribution in [2.24, 2.45) is 0 Å². The molecule has 0 bridgehead atoms.